The van der Waals surface area contributed by atoms with Crippen molar-refractivity contribution in [2.75, 3.05) is 18.0 Å². The summed E-state index contributed by atoms with van der Waals surface area (Å²) in [6.45, 7) is 3.60. The lowest BCUT2D eigenvalue weighted by atomic mass is 9.99. The quantitative estimate of drug-likeness (QED) is 0.619. The van der Waals surface area contributed by atoms with Gasteiger partial charge in [-0.25, -0.2) is 0 Å². The molecule has 7 nitrogen and oxygen atoms in total. The monoisotopic (exact) mass is 265 g/mol. The first kappa shape index (κ1) is 13.3. The van der Waals surface area contributed by atoms with Crippen LogP contribution in [0.1, 0.15) is 19.8 Å². The topological polar surface area (TPSA) is 89.5 Å². The van der Waals surface area contributed by atoms with E-state index in [-0.39, 0.29) is 11.4 Å². The molecule has 0 bridgehead atoms. The Balaban J connectivity index is 2.38. The largest absolute Gasteiger partial charge is 0.366 e. The Morgan fingerprint density at radius 3 is 2.58 bits per heavy atom. The Morgan fingerprint density at radius 2 is 2.00 bits per heavy atom. The van der Waals surface area contributed by atoms with E-state index in [2.05, 4.69) is 6.92 Å². The second kappa shape index (κ2) is 5.21. The standard InChI is InChI=1S/C12H15N3O4/c1-9-3-2-6-13(8-9)11-5-4-10(14(16)17)7-12(11)15(18)19/h4-5,7,9H,2-3,6,8H2,1H3. The number of hydrogen-bond donors (Lipinski definition) is 0. The third-order valence-corrected chi connectivity index (χ3v) is 3.36. The van der Waals surface area contributed by atoms with Crippen LogP contribution in [0.15, 0.2) is 18.2 Å². The van der Waals surface area contributed by atoms with Crippen LogP contribution in [0.2, 0.25) is 0 Å². The minimum atomic E-state index is -0.615. The van der Waals surface area contributed by atoms with Gasteiger partial charge in [-0.3, -0.25) is 20.2 Å². The molecule has 1 aliphatic rings. The molecule has 0 aliphatic carbocycles. The normalized spacial score (nSPS) is 19.2. The smallest absolute Gasteiger partial charge is 0.299 e. The molecule has 0 spiro atoms. The van der Waals surface area contributed by atoms with Crippen molar-refractivity contribution in [2.24, 2.45) is 5.92 Å². The molecule has 7 heteroatoms. The fourth-order valence-electron chi connectivity index (χ4n) is 2.45. The second-order valence-electron chi connectivity index (χ2n) is 4.88. The average Bonchev–Trinajstić information content (AvgIpc) is 2.37. The summed E-state index contributed by atoms with van der Waals surface area (Å²) in [7, 11) is 0. The molecule has 2 rings (SSSR count). The van der Waals surface area contributed by atoms with Gasteiger partial charge in [0.15, 0.2) is 0 Å². The van der Waals surface area contributed by atoms with E-state index in [0.717, 1.165) is 32.0 Å². The van der Waals surface area contributed by atoms with Crippen LogP contribution in [-0.4, -0.2) is 22.9 Å². The molecule has 1 heterocycles. The van der Waals surface area contributed by atoms with Crippen molar-refractivity contribution in [3.63, 3.8) is 0 Å². The number of benzene rings is 1. The van der Waals surface area contributed by atoms with Crippen molar-refractivity contribution >= 4 is 17.1 Å². The highest BCUT2D eigenvalue weighted by Crippen LogP contribution is 2.34. The van der Waals surface area contributed by atoms with Crippen LogP contribution in [-0.2, 0) is 0 Å². The highest BCUT2D eigenvalue weighted by molar-refractivity contribution is 5.67. The molecule has 1 aliphatic heterocycles. The van der Waals surface area contributed by atoms with E-state index in [1.54, 1.807) is 0 Å². The molecule has 1 atom stereocenters. The highest BCUT2D eigenvalue weighted by atomic mass is 16.6. The van der Waals surface area contributed by atoms with Crippen molar-refractivity contribution in [1.29, 1.82) is 0 Å². The van der Waals surface area contributed by atoms with E-state index < -0.39 is 9.85 Å². The maximum atomic E-state index is 11.1. The van der Waals surface area contributed by atoms with E-state index >= 15 is 0 Å². The van der Waals surface area contributed by atoms with Crippen LogP contribution in [0.5, 0.6) is 0 Å². The van der Waals surface area contributed by atoms with Crippen molar-refractivity contribution in [3.05, 3.63) is 38.4 Å². The van der Waals surface area contributed by atoms with Crippen LogP contribution in [0.25, 0.3) is 0 Å². The molecule has 19 heavy (non-hydrogen) atoms. The fraction of sp³-hybridized carbons (Fsp3) is 0.500. The summed E-state index contributed by atoms with van der Waals surface area (Å²) in [4.78, 5) is 22.5. The average molecular weight is 265 g/mol. The van der Waals surface area contributed by atoms with Gasteiger partial charge in [-0.1, -0.05) is 6.92 Å². The molecule has 0 aromatic heterocycles. The Bertz CT molecular complexity index is 518. The van der Waals surface area contributed by atoms with Crippen LogP contribution in [0.3, 0.4) is 0 Å². The van der Waals surface area contributed by atoms with Gasteiger partial charge in [0, 0.05) is 19.2 Å². The lowest BCUT2D eigenvalue weighted by Gasteiger charge is -2.32. The van der Waals surface area contributed by atoms with E-state index in [1.165, 1.54) is 12.1 Å². The van der Waals surface area contributed by atoms with Gasteiger partial charge < -0.3 is 4.90 Å². The molecule has 1 aromatic carbocycles. The van der Waals surface area contributed by atoms with Gasteiger partial charge in [-0.2, -0.15) is 0 Å². The van der Waals surface area contributed by atoms with E-state index in [1.807, 2.05) is 4.90 Å². The molecule has 102 valence electrons. The van der Waals surface area contributed by atoms with Crippen molar-refractivity contribution in [3.8, 4) is 0 Å². The minimum Gasteiger partial charge on any atom is -0.366 e. The predicted molar refractivity (Wildman–Crippen MR) is 70.4 cm³/mol. The molecule has 1 saturated heterocycles. The van der Waals surface area contributed by atoms with Gasteiger partial charge >= 0.3 is 0 Å². The van der Waals surface area contributed by atoms with Gasteiger partial charge in [0.25, 0.3) is 11.4 Å². The lowest BCUT2D eigenvalue weighted by Crippen LogP contribution is -2.34. The Labute approximate surface area is 110 Å². The van der Waals surface area contributed by atoms with E-state index in [4.69, 9.17) is 0 Å². The summed E-state index contributed by atoms with van der Waals surface area (Å²) in [5.74, 6) is 0.476. The van der Waals surface area contributed by atoms with E-state index in [0.29, 0.717) is 11.6 Å². The zero-order valence-electron chi connectivity index (χ0n) is 10.6. The summed E-state index contributed by atoms with van der Waals surface area (Å²) in [5.41, 5.74) is 0.0333. The lowest BCUT2D eigenvalue weighted by molar-refractivity contribution is -0.393. The Hall–Kier alpha value is -2.18. The zero-order valence-corrected chi connectivity index (χ0v) is 10.6. The summed E-state index contributed by atoms with van der Waals surface area (Å²) in [6, 6.07) is 3.84. The van der Waals surface area contributed by atoms with Gasteiger partial charge in [0.05, 0.1) is 15.9 Å². The first-order valence-corrected chi connectivity index (χ1v) is 6.17. The number of nitro benzene ring substituents is 2. The number of nitro groups is 2. The molecule has 0 saturated carbocycles. The number of nitrogens with zero attached hydrogens (tertiary/aromatic N) is 3. The number of non-ortho nitro benzene ring substituents is 1. The summed E-state index contributed by atoms with van der Waals surface area (Å²) >= 11 is 0. The first-order chi connectivity index (χ1) is 8.99. The van der Waals surface area contributed by atoms with Gasteiger partial charge in [0.2, 0.25) is 0 Å². The van der Waals surface area contributed by atoms with Crippen LogP contribution < -0.4 is 4.90 Å². The van der Waals surface area contributed by atoms with Crippen molar-refractivity contribution in [1.82, 2.24) is 0 Å². The van der Waals surface area contributed by atoms with Gasteiger partial charge in [-0.15, -0.1) is 0 Å². The third-order valence-electron chi connectivity index (χ3n) is 3.36. The summed E-state index contributed by atoms with van der Waals surface area (Å²) < 4.78 is 0. The molecule has 0 radical (unpaired) electrons. The number of piperidine rings is 1. The van der Waals surface area contributed by atoms with Crippen LogP contribution in [0, 0.1) is 26.1 Å². The zero-order chi connectivity index (χ0) is 14.0. The minimum absolute atomic E-state index is 0.191. The predicted octanol–water partition coefficient (Wildman–Crippen LogP) is 2.74. The number of anilines is 1. The molecule has 1 fully saturated rings. The number of rotatable bonds is 3. The Kier molecular flexibility index (Phi) is 3.64. The molecule has 1 unspecified atom stereocenters. The van der Waals surface area contributed by atoms with Gasteiger partial charge in [0.1, 0.15) is 5.69 Å². The molecule has 0 amide bonds. The third kappa shape index (κ3) is 2.81. The molecule has 1 aromatic rings. The summed E-state index contributed by atoms with van der Waals surface area (Å²) in [5, 5.41) is 21.8. The molecular formula is C12H15N3O4. The Morgan fingerprint density at radius 1 is 1.26 bits per heavy atom. The highest BCUT2D eigenvalue weighted by Gasteiger charge is 2.26. The molecular weight excluding hydrogens is 250 g/mol. The maximum absolute atomic E-state index is 11.1. The first-order valence-electron chi connectivity index (χ1n) is 6.17. The summed E-state index contributed by atoms with van der Waals surface area (Å²) in [6.07, 6.45) is 2.09. The number of hydrogen-bond acceptors (Lipinski definition) is 5. The fourth-order valence-corrected chi connectivity index (χ4v) is 2.45. The van der Waals surface area contributed by atoms with Crippen LogP contribution in [0.4, 0.5) is 17.1 Å². The van der Waals surface area contributed by atoms with Crippen molar-refractivity contribution < 1.29 is 9.85 Å². The second-order valence-corrected chi connectivity index (χ2v) is 4.88. The van der Waals surface area contributed by atoms with E-state index in [9.17, 15) is 20.2 Å². The van der Waals surface area contributed by atoms with Crippen molar-refractivity contribution in [2.45, 2.75) is 19.8 Å². The van der Waals surface area contributed by atoms with Gasteiger partial charge in [-0.05, 0) is 24.8 Å². The molecule has 0 N–H and O–H groups in total. The van der Waals surface area contributed by atoms with Crippen LogP contribution >= 0.6 is 0 Å². The maximum Gasteiger partial charge on any atom is 0.299 e. The SMILES string of the molecule is CC1CCCN(c2ccc([N+](=O)[O-])cc2[N+](=O)[O-])C1.